The van der Waals surface area contributed by atoms with Gasteiger partial charge in [0.2, 0.25) is 0 Å². The summed E-state index contributed by atoms with van der Waals surface area (Å²) in [6.45, 7) is 5.88. The molecular weight excluding hydrogens is 521 g/mol. The number of hydrogen-bond acceptors (Lipinski definition) is 5. The van der Waals surface area contributed by atoms with E-state index >= 15 is 0 Å². The van der Waals surface area contributed by atoms with Gasteiger partial charge in [-0.15, -0.1) is 0 Å². The topological polar surface area (TPSA) is 100 Å². The first kappa shape index (κ1) is 23.9. The second-order valence-electron chi connectivity index (χ2n) is 6.72. The van der Waals surface area contributed by atoms with Crippen LogP contribution in [0.4, 0.5) is 0 Å². The van der Waals surface area contributed by atoms with Crippen molar-refractivity contribution >= 4 is 52.2 Å². The maximum absolute atomic E-state index is 12.6. The minimum atomic E-state index is -0.774. The van der Waals surface area contributed by atoms with Gasteiger partial charge in [-0.25, -0.2) is 5.43 Å². The second-order valence-corrected chi connectivity index (χ2v) is 8.32. The van der Waals surface area contributed by atoms with Crippen LogP contribution < -0.4 is 15.5 Å². The van der Waals surface area contributed by atoms with E-state index in [1.807, 2.05) is 43.4 Å². The summed E-state index contributed by atoms with van der Waals surface area (Å²) in [6.07, 6.45) is 1.44. The van der Waals surface area contributed by atoms with Crippen LogP contribution in [0.15, 0.2) is 41.5 Å². The van der Waals surface area contributed by atoms with Crippen molar-refractivity contribution in [2.24, 2.45) is 11.0 Å². The lowest BCUT2D eigenvalue weighted by Crippen LogP contribution is -2.48. The number of carbonyl (C=O) groups excluding carboxylic acids is 2. The largest absolute Gasteiger partial charge is 0.504 e. The Bertz CT molecular complexity index is 933. The van der Waals surface area contributed by atoms with Gasteiger partial charge in [-0.2, -0.15) is 5.10 Å². The number of aromatic hydroxyl groups is 1. The van der Waals surface area contributed by atoms with Gasteiger partial charge in [0.15, 0.2) is 11.5 Å². The van der Waals surface area contributed by atoms with E-state index in [0.717, 1.165) is 0 Å². The maximum Gasteiger partial charge on any atom is 0.262 e. The van der Waals surface area contributed by atoms with E-state index < -0.39 is 11.9 Å². The molecule has 9 heteroatoms. The van der Waals surface area contributed by atoms with Gasteiger partial charge in [0.1, 0.15) is 6.04 Å². The van der Waals surface area contributed by atoms with Crippen LogP contribution in [0, 0.1) is 9.49 Å². The molecule has 0 radical (unpaired) electrons. The van der Waals surface area contributed by atoms with E-state index in [-0.39, 0.29) is 17.6 Å². The third-order valence-corrected chi connectivity index (χ3v) is 5.16. The predicted molar refractivity (Wildman–Crippen MR) is 125 cm³/mol. The molecule has 0 aliphatic carbocycles. The monoisotopic (exact) mass is 543 g/mol. The first-order chi connectivity index (χ1) is 14.2. The molecule has 0 aliphatic rings. The van der Waals surface area contributed by atoms with Crippen molar-refractivity contribution in [1.82, 2.24) is 10.7 Å². The van der Waals surface area contributed by atoms with Gasteiger partial charge in [-0.3, -0.25) is 9.59 Å². The Balaban J connectivity index is 2.06. The number of rotatable bonds is 8. The second kappa shape index (κ2) is 11.2. The molecule has 2 aromatic carbocycles. The Morgan fingerprint density at radius 3 is 2.53 bits per heavy atom. The fraction of sp³-hybridized carbons (Fsp3) is 0.286. The number of hydrazone groups is 1. The zero-order valence-electron chi connectivity index (χ0n) is 16.8. The SMILES string of the molecule is CCOc1cc(C=NNC(=O)C(NC(=O)c2ccc(Cl)cc2)C(C)C)cc(I)c1O. The maximum atomic E-state index is 12.6. The van der Waals surface area contributed by atoms with Crippen molar-refractivity contribution in [1.29, 1.82) is 0 Å². The van der Waals surface area contributed by atoms with Gasteiger partial charge >= 0.3 is 0 Å². The molecule has 0 bridgehead atoms. The predicted octanol–water partition coefficient (Wildman–Crippen LogP) is 3.95. The molecule has 7 nitrogen and oxygen atoms in total. The molecule has 0 aliphatic heterocycles. The average Bonchev–Trinajstić information content (AvgIpc) is 2.70. The normalized spacial score (nSPS) is 12.1. The van der Waals surface area contributed by atoms with Crippen LogP contribution in [0.3, 0.4) is 0 Å². The quantitative estimate of drug-likeness (QED) is 0.267. The van der Waals surface area contributed by atoms with Crippen molar-refractivity contribution in [3.63, 3.8) is 0 Å². The molecule has 1 atom stereocenters. The lowest BCUT2D eigenvalue weighted by molar-refractivity contribution is -0.123. The summed E-state index contributed by atoms with van der Waals surface area (Å²) in [5.41, 5.74) is 3.50. The lowest BCUT2D eigenvalue weighted by atomic mass is 10.0. The van der Waals surface area contributed by atoms with Crippen LogP contribution in [-0.4, -0.2) is 35.8 Å². The smallest absolute Gasteiger partial charge is 0.262 e. The van der Waals surface area contributed by atoms with Crippen molar-refractivity contribution in [3.8, 4) is 11.5 Å². The molecule has 0 saturated carbocycles. The zero-order valence-corrected chi connectivity index (χ0v) is 19.7. The van der Waals surface area contributed by atoms with Crippen LogP contribution in [0.5, 0.6) is 11.5 Å². The molecule has 2 amide bonds. The number of halogens is 2. The highest BCUT2D eigenvalue weighted by Crippen LogP contribution is 2.32. The first-order valence-electron chi connectivity index (χ1n) is 9.27. The fourth-order valence-electron chi connectivity index (χ4n) is 2.53. The molecular formula is C21H23ClIN3O4. The van der Waals surface area contributed by atoms with Crippen molar-refractivity contribution < 1.29 is 19.4 Å². The Hall–Kier alpha value is -2.33. The Morgan fingerprint density at radius 1 is 1.27 bits per heavy atom. The van der Waals surface area contributed by atoms with Crippen molar-refractivity contribution in [2.75, 3.05) is 6.61 Å². The summed E-state index contributed by atoms with van der Waals surface area (Å²) in [5, 5.41) is 17.2. The summed E-state index contributed by atoms with van der Waals surface area (Å²) >= 11 is 7.83. The van der Waals surface area contributed by atoms with Gasteiger partial charge in [0.05, 0.1) is 16.4 Å². The van der Waals surface area contributed by atoms with E-state index in [1.165, 1.54) is 6.21 Å². The molecule has 0 spiro atoms. The number of ether oxygens (including phenoxy) is 1. The number of nitrogens with zero attached hydrogens (tertiary/aromatic N) is 1. The average molecular weight is 544 g/mol. The van der Waals surface area contributed by atoms with E-state index in [1.54, 1.807) is 36.4 Å². The number of hydrogen-bond donors (Lipinski definition) is 3. The molecule has 2 rings (SSSR count). The molecule has 1 unspecified atom stereocenters. The van der Waals surface area contributed by atoms with Gasteiger partial charge < -0.3 is 15.2 Å². The van der Waals surface area contributed by atoms with Crippen LogP contribution in [0.1, 0.15) is 36.7 Å². The third kappa shape index (κ3) is 6.60. The van der Waals surface area contributed by atoms with Gasteiger partial charge in [0.25, 0.3) is 11.8 Å². The van der Waals surface area contributed by atoms with E-state index in [2.05, 4.69) is 15.8 Å². The molecule has 0 fully saturated rings. The number of nitrogens with one attached hydrogen (secondary N) is 2. The number of carbonyl (C=O) groups is 2. The summed E-state index contributed by atoms with van der Waals surface area (Å²) < 4.78 is 5.99. The molecule has 3 N–H and O–H groups in total. The number of phenolic OH excluding ortho intramolecular Hbond substituents is 1. The lowest BCUT2D eigenvalue weighted by Gasteiger charge is -2.20. The minimum absolute atomic E-state index is 0.0587. The molecule has 0 heterocycles. The minimum Gasteiger partial charge on any atom is -0.504 e. The number of phenols is 1. The van der Waals surface area contributed by atoms with Crippen LogP contribution >= 0.6 is 34.2 Å². The van der Waals surface area contributed by atoms with Crippen LogP contribution in [0.25, 0.3) is 0 Å². The molecule has 0 aromatic heterocycles. The van der Waals surface area contributed by atoms with Gasteiger partial charge in [0, 0.05) is 10.6 Å². The van der Waals surface area contributed by atoms with E-state index in [9.17, 15) is 14.7 Å². The van der Waals surface area contributed by atoms with Gasteiger partial charge in [-0.1, -0.05) is 25.4 Å². The fourth-order valence-corrected chi connectivity index (χ4v) is 3.29. The number of amides is 2. The molecule has 30 heavy (non-hydrogen) atoms. The summed E-state index contributed by atoms with van der Waals surface area (Å²) in [4.78, 5) is 25.0. The Kier molecular flexibility index (Phi) is 8.91. The summed E-state index contributed by atoms with van der Waals surface area (Å²) in [5.74, 6) is -0.576. The van der Waals surface area contributed by atoms with Crippen molar-refractivity contribution in [3.05, 3.63) is 56.1 Å². The highest BCUT2D eigenvalue weighted by molar-refractivity contribution is 14.1. The summed E-state index contributed by atoms with van der Waals surface area (Å²) in [6, 6.07) is 8.96. The van der Waals surface area contributed by atoms with Crippen LogP contribution in [-0.2, 0) is 4.79 Å². The number of benzene rings is 2. The highest BCUT2D eigenvalue weighted by atomic mass is 127. The zero-order chi connectivity index (χ0) is 22.3. The van der Waals surface area contributed by atoms with E-state index in [4.69, 9.17) is 16.3 Å². The molecule has 160 valence electrons. The Labute approximate surface area is 194 Å². The summed E-state index contributed by atoms with van der Waals surface area (Å²) in [7, 11) is 0. The highest BCUT2D eigenvalue weighted by Gasteiger charge is 2.24. The Morgan fingerprint density at radius 2 is 1.93 bits per heavy atom. The molecule has 2 aromatic rings. The standard InChI is InChI=1S/C21H23ClIN3O4/c1-4-30-17-10-13(9-16(23)19(17)27)11-24-26-21(29)18(12(2)3)25-20(28)14-5-7-15(22)8-6-14/h5-12,18,27H,4H2,1-3H3,(H,25,28)(H,26,29). The third-order valence-electron chi connectivity index (χ3n) is 4.08. The van der Waals surface area contributed by atoms with Crippen LogP contribution in [0.2, 0.25) is 5.02 Å². The van der Waals surface area contributed by atoms with Crippen molar-refractivity contribution in [2.45, 2.75) is 26.8 Å². The van der Waals surface area contributed by atoms with Gasteiger partial charge in [-0.05, 0) is 77.4 Å². The first-order valence-corrected chi connectivity index (χ1v) is 10.7. The van der Waals surface area contributed by atoms with E-state index in [0.29, 0.717) is 32.1 Å². The molecule has 0 saturated heterocycles.